The Kier molecular flexibility index (Phi) is 4.28. The molecule has 0 aromatic carbocycles. The molecule has 0 saturated carbocycles. The predicted molar refractivity (Wildman–Crippen MR) is 72.1 cm³/mol. The van der Waals surface area contributed by atoms with E-state index in [-0.39, 0.29) is 11.8 Å². The highest BCUT2D eigenvalue weighted by Gasteiger charge is 2.11. The summed E-state index contributed by atoms with van der Waals surface area (Å²) in [6, 6.07) is 3.25. The second-order valence-electron chi connectivity index (χ2n) is 3.85. The molecule has 1 atom stereocenters. The Morgan fingerprint density at radius 1 is 1.50 bits per heavy atom. The number of aromatic nitrogens is 2. The van der Waals surface area contributed by atoms with Gasteiger partial charge in [-0.2, -0.15) is 0 Å². The van der Waals surface area contributed by atoms with Gasteiger partial charge in [-0.3, -0.25) is 4.79 Å². The van der Waals surface area contributed by atoms with Crippen LogP contribution in [-0.4, -0.2) is 22.4 Å². The Balaban J connectivity index is 1.90. The number of rotatable bonds is 4. The number of amides is 1. The Labute approximate surface area is 114 Å². The first-order valence-electron chi connectivity index (χ1n) is 5.46. The van der Waals surface area contributed by atoms with E-state index in [1.54, 1.807) is 29.7 Å². The topological polar surface area (TPSA) is 54.9 Å². The molecule has 0 bridgehead atoms. The first kappa shape index (κ1) is 13.0. The molecule has 1 unspecified atom stereocenters. The highest BCUT2D eigenvalue weighted by molar-refractivity contribution is 7.09. The molecule has 0 aliphatic carbocycles. The Hall–Kier alpha value is -1.46. The highest BCUT2D eigenvalue weighted by Crippen LogP contribution is 2.16. The van der Waals surface area contributed by atoms with Gasteiger partial charge in [0.05, 0.1) is 10.6 Å². The van der Waals surface area contributed by atoms with Gasteiger partial charge < -0.3 is 5.32 Å². The molecule has 2 aromatic heterocycles. The van der Waals surface area contributed by atoms with E-state index >= 15 is 0 Å². The van der Waals surface area contributed by atoms with Gasteiger partial charge in [0, 0.05) is 30.2 Å². The van der Waals surface area contributed by atoms with Crippen LogP contribution < -0.4 is 5.32 Å². The summed E-state index contributed by atoms with van der Waals surface area (Å²) < 4.78 is 0. The van der Waals surface area contributed by atoms with Gasteiger partial charge in [-0.05, 0) is 12.1 Å². The van der Waals surface area contributed by atoms with E-state index in [0.717, 1.165) is 5.01 Å². The number of pyridine rings is 1. The van der Waals surface area contributed by atoms with Crippen LogP contribution in [0.5, 0.6) is 0 Å². The van der Waals surface area contributed by atoms with Crippen molar-refractivity contribution in [1.29, 1.82) is 0 Å². The van der Waals surface area contributed by atoms with Crippen LogP contribution >= 0.6 is 22.9 Å². The molecule has 2 aromatic rings. The van der Waals surface area contributed by atoms with E-state index in [1.807, 2.05) is 12.3 Å². The Bertz CT molecular complexity index is 513. The quantitative estimate of drug-likeness (QED) is 0.877. The molecule has 0 radical (unpaired) electrons. The van der Waals surface area contributed by atoms with Gasteiger partial charge in [0.25, 0.3) is 5.91 Å². The van der Waals surface area contributed by atoms with Gasteiger partial charge in [0.2, 0.25) is 0 Å². The molecule has 0 spiro atoms. The molecule has 4 nitrogen and oxygen atoms in total. The van der Waals surface area contributed by atoms with Gasteiger partial charge in [0.1, 0.15) is 5.15 Å². The fourth-order valence-corrected chi connectivity index (χ4v) is 2.23. The summed E-state index contributed by atoms with van der Waals surface area (Å²) in [5.74, 6) is 0.0526. The molecular weight excluding hydrogens is 270 g/mol. The third-order valence-corrected chi connectivity index (χ3v) is 3.66. The number of hydrogen-bond acceptors (Lipinski definition) is 4. The molecule has 6 heteroatoms. The van der Waals surface area contributed by atoms with Crippen molar-refractivity contribution >= 4 is 28.8 Å². The van der Waals surface area contributed by atoms with E-state index in [4.69, 9.17) is 11.6 Å². The van der Waals surface area contributed by atoms with Crippen molar-refractivity contribution in [3.05, 3.63) is 45.6 Å². The largest absolute Gasteiger partial charge is 0.351 e. The molecular formula is C12H12ClN3OS. The molecule has 1 N–H and O–H groups in total. The second-order valence-corrected chi connectivity index (χ2v) is 5.16. The summed E-state index contributed by atoms with van der Waals surface area (Å²) >= 11 is 7.25. The Morgan fingerprint density at radius 3 is 2.94 bits per heavy atom. The van der Waals surface area contributed by atoms with E-state index in [2.05, 4.69) is 15.3 Å². The smallest absolute Gasteiger partial charge is 0.252 e. The van der Waals surface area contributed by atoms with Gasteiger partial charge >= 0.3 is 0 Å². The lowest BCUT2D eigenvalue weighted by atomic mass is 10.2. The number of carbonyl (C=O) groups excluding carboxylic acids is 1. The summed E-state index contributed by atoms with van der Waals surface area (Å²) in [5.41, 5.74) is 0.505. The highest BCUT2D eigenvalue weighted by atomic mass is 35.5. The molecule has 0 fully saturated rings. The minimum atomic E-state index is -0.150. The third-order valence-electron chi connectivity index (χ3n) is 2.43. The maximum Gasteiger partial charge on any atom is 0.252 e. The fourth-order valence-electron chi connectivity index (χ4n) is 1.42. The van der Waals surface area contributed by atoms with Crippen LogP contribution in [0, 0.1) is 0 Å². The van der Waals surface area contributed by atoms with Crippen LogP contribution in [0.3, 0.4) is 0 Å². The van der Waals surface area contributed by atoms with Crippen LogP contribution in [0.4, 0.5) is 0 Å². The molecule has 18 heavy (non-hydrogen) atoms. The van der Waals surface area contributed by atoms with Crippen LogP contribution in [0.25, 0.3) is 0 Å². The van der Waals surface area contributed by atoms with Crippen LogP contribution in [-0.2, 0) is 0 Å². The molecule has 0 aliphatic rings. The summed E-state index contributed by atoms with van der Waals surface area (Å²) in [6.45, 7) is 2.58. The SMILES string of the molecule is CC(CNC(=O)c1ccc(Cl)nc1)c1nccs1. The van der Waals surface area contributed by atoms with Gasteiger partial charge in [0.15, 0.2) is 0 Å². The van der Waals surface area contributed by atoms with E-state index in [0.29, 0.717) is 17.3 Å². The van der Waals surface area contributed by atoms with Crippen LogP contribution in [0.15, 0.2) is 29.9 Å². The lowest BCUT2D eigenvalue weighted by Gasteiger charge is -2.09. The van der Waals surface area contributed by atoms with Crippen molar-refractivity contribution in [1.82, 2.24) is 15.3 Å². The third kappa shape index (κ3) is 3.27. The van der Waals surface area contributed by atoms with Crippen molar-refractivity contribution in [3.8, 4) is 0 Å². The van der Waals surface area contributed by atoms with Crippen LogP contribution in [0.1, 0.15) is 28.2 Å². The number of nitrogens with zero attached hydrogens (tertiary/aromatic N) is 2. The zero-order chi connectivity index (χ0) is 13.0. The minimum absolute atomic E-state index is 0.150. The summed E-state index contributed by atoms with van der Waals surface area (Å²) in [7, 11) is 0. The first-order chi connectivity index (χ1) is 8.66. The number of thiazole rings is 1. The maximum absolute atomic E-state index is 11.8. The average molecular weight is 282 g/mol. The first-order valence-corrected chi connectivity index (χ1v) is 6.71. The van der Waals surface area contributed by atoms with Crippen molar-refractivity contribution in [2.24, 2.45) is 0 Å². The summed E-state index contributed by atoms with van der Waals surface area (Å²) in [6.07, 6.45) is 3.23. The summed E-state index contributed by atoms with van der Waals surface area (Å²) in [5, 5.41) is 6.17. The van der Waals surface area contributed by atoms with Gasteiger partial charge in [-0.15, -0.1) is 11.3 Å². The molecule has 1 amide bonds. The fraction of sp³-hybridized carbons (Fsp3) is 0.250. The maximum atomic E-state index is 11.8. The van der Waals surface area contributed by atoms with Gasteiger partial charge in [-0.25, -0.2) is 9.97 Å². The number of nitrogens with one attached hydrogen (secondary N) is 1. The number of carbonyl (C=O) groups is 1. The normalized spacial score (nSPS) is 12.1. The second kappa shape index (κ2) is 5.93. The van der Waals surface area contributed by atoms with Crippen molar-refractivity contribution in [3.63, 3.8) is 0 Å². The van der Waals surface area contributed by atoms with Gasteiger partial charge in [-0.1, -0.05) is 18.5 Å². The number of halogens is 1. The molecule has 2 heterocycles. The zero-order valence-electron chi connectivity index (χ0n) is 9.76. The monoisotopic (exact) mass is 281 g/mol. The van der Waals surface area contributed by atoms with Crippen molar-refractivity contribution < 1.29 is 4.79 Å². The minimum Gasteiger partial charge on any atom is -0.351 e. The summed E-state index contributed by atoms with van der Waals surface area (Å²) in [4.78, 5) is 19.9. The van der Waals surface area contributed by atoms with Crippen molar-refractivity contribution in [2.75, 3.05) is 6.54 Å². The molecule has 0 aliphatic heterocycles. The lowest BCUT2D eigenvalue weighted by molar-refractivity contribution is 0.0951. The average Bonchev–Trinajstić information content (AvgIpc) is 2.90. The standard InChI is InChI=1S/C12H12ClN3OS/c1-8(12-14-4-5-18-12)6-16-11(17)9-2-3-10(13)15-7-9/h2-5,7-8H,6H2,1H3,(H,16,17). The zero-order valence-corrected chi connectivity index (χ0v) is 11.3. The lowest BCUT2D eigenvalue weighted by Crippen LogP contribution is -2.27. The Morgan fingerprint density at radius 2 is 2.33 bits per heavy atom. The van der Waals surface area contributed by atoms with E-state index < -0.39 is 0 Å². The van der Waals surface area contributed by atoms with E-state index in [9.17, 15) is 4.79 Å². The predicted octanol–water partition coefficient (Wildman–Crippen LogP) is 2.73. The van der Waals surface area contributed by atoms with Crippen LogP contribution in [0.2, 0.25) is 5.15 Å². The molecule has 2 rings (SSSR count). The molecule has 94 valence electrons. The van der Waals surface area contributed by atoms with E-state index in [1.165, 1.54) is 6.20 Å². The van der Waals surface area contributed by atoms with Crippen molar-refractivity contribution in [2.45, 2.75) is 12.8 Å². The number of hydrogen-bond donors (Lipinski definition) is 1. The molecule has 0 saturated heterocycles.